The Kier molecular flexibility index (Phi) is 4.04. The highest BCUT2D eigenvalue weighted by Crippen LogP contribution is 2.20. The van der Waals surface area contributed by atoms with Gasteiger partial charge in [0.2, 0.25) is 5.91 Å². The molecule has 4 N–H and O–H groups in total. The fraction of sp³-hybridized carbons (Fsp3) is 0.889. The van der Waals surface area contributed by atoms with Crippen molar-refractivity contribution < 1.29 is 24.9 Å². The van der Waals surface area contributed by atoms with Gasteiger partial charge >= 0.3 is 0 Å². The van der Waals surface area contributed by atoms with Crippen LogP contribution in [-0.2, 0) is 9.53 Å². The molecular formula is C9H17NO5. The predicted octanol–water partition coefficient (Wildman–Crippen LogP) is -2.01. The lowest BCUT2D eigenvalue weighted by molar-refractivity contribution is -0.190. The molecule has 1 aliphatic rings. The molecule has 1 amide bonds. The summed E-state index contributed by atoms with van der Waals surface area (Å²) < 4.78 is 5.26. The molecule has 0 spiro atoms. The van der Waals surface area contributed by atoms with Crippen molar-refractivity contribution in [3.63, 3.8) is 0 Å². The summed E-state index contributed by atoms with van der Waals surface area (Å²) in [5.41, 5.74) is 0. The van der Waals surface area contributed by atoms with E-state index in [4.69, 9.17) is 9.84 Å². The lowest BCUT2D eigenvalue weighted by Gasteiger charge is -2.41. The molecule has 0 radical (unpaired) electrons. The van der Waals surface area contributed by atoms with Gasteiger partial charge < -0.3 is 25.4 Å². The molecule has 0 saturated carbocycles. The minimum atomic E-state index is -1.19. The van der Waals surface area contributed by atoms with Gasteiger partial charge in [-0.15, -0.1) is 0 Å². The van der Waals surface area contributed by atoms with Crippen LogP contribution in [0.1, 0.15) is 13.8 Å². The fourth-order valence-corrected chi connectivity index (χ4v) is 1.74. The fourth-order valence-electron chi connectivity index (χ4n) is 1.74. The van der Waals surface area contributed by atoms with Gasteiger partial charge in [0.1, 0.15) is 18.3 Å². The van der Waals surface area contributed by atoms with Gasteiger partial charge in [-0.2, -0.15) is 0 Å². The van der Waals surface area contributed by atoms with Crippen molar-refractivity contribution in [2.24, 2.45) is 0 Å². The zero-order chi connectivity index (χ0) is 11.6. The Morgan fingerprint density at radius 3 is 2.47 bits per heavy atom. The second-order valence-corrected chi connectivity index (χ2v) is 3.77. The molecule has 5 atom stereocenters. The molecule has 0 aromatic rings. The van der Waals surface area contributed by atoms with E-state index in [1.54, 1.807) is 6.92 Å². The molecule has 88 valence electrons. The van der Waals surface area contributed by atoms with E-state index in [1.807, 2.05) is 0 Å². The molecular weight excluding hydrogens is 202 g/mol. The summed E-state index contributed by atoms with van der Waals surface area (Å²) in [6, 6.07) is -0.653. The van der Waals surface area contributed by atoms with Crippen LogP contribution < -0.4 is 5.32 Å². The highest BCUT2D eigenvalue weighted by Gasteiger charge is 2.42. The average Bonchev–Trinajstić information content (AvgIpc) is 2.18. The minimum absolute atomic E-state index is 0.302. The first-order chi connectivity index (χ1) is 6.97. The molecule has 2 unspecified atom stereocenters. The number of ether oxygens (including phenoxy) is 1. The SMILES string of the molecule is CC(=O)NC1[C@H](C)OC(CO)[C@H](O)[C@H]1O. The number of hydrogen-bond donors (Lipinski definition) is 4. The molecule has 0 aliphatic carbocycles. The van der Waals surface area contributed by atoms with Crippen molar-refractivity contribution in [3.05, 3.63) is 0 Å². The van der Waals surface area contributed by atoms with E-state index in [9.17, 15) is 15.0 Å². The summed E-state index contributed by atoms with van der Waals surface area (Å²) >= 11 is 0. The number of hydrogen-bond acceptors (Lipinski definition) is 5. The van der Waals surface area contributed by atoms with Crippen molar-refractivity contribution >= 4 is 5.91 Å². The first kappa shape index (κ1) is 12.4. The normalized spacial score (nSPS) is 41.3. The van der Waals surface area contributed by atoms with Crippen molar-refractivity contribution in [2.75, 3.05) is 6.61 Å². The number of nitrogens with one attached hydrogen (secondary N) is 1. The van der Waals surface area contributed by atoms with E-state index in [0.29, 0.717) is 0 Å². The third-order valence-corrected chi connectivity index (χ3v) is 2.54. The third kappa shape index (κ3) is 2.66. The summed E-state index contributed by atoms with van der Waals surface area (Å²) in [7, 11) is 0. The first-order valence-corrected chi connectivity index (χ1v) is 4.87. The third-order valence-electron chi connectivity index (χ3n) is 2.54. The smallest absolute Gasteiger partial charge is 0.217 e. The summed E-state index contributed by atoms with van der Waals surface area (Å²) in [5, 5.41) is 30.6. The highest BCUT2D eigenvalue weighted by molar-refractivity contribution is 5.73. The Bertz CT molecular complexity index is 235. The van der Waals surface area contributed by atoms with Crippen molar-refractivity contribution in [1.82, 2.24) is 5.32 Å². The lowest BCUT2D eigenvalue weighted by atomic mass is 9.93. The van der Waals surface area contributed by atoms with Gasteiger partial charge in [-0.1, -0.05) is 0 Å². The van der Waals surface area contributed by atoms with Crippen molar-refractivity contribution in [2.45, 2.75) is 44.3 Å². The molecule has 1 heterocycles. The highest BCUT2D eigenvalue weighted by atomic mass is 16.5. The number of carbonyl (C=O) groups excluding carboxylic acids is 1. The van der Waals surface area contributed by atoms with Gasteiger partial charge in [-0.3, -0.25) is 4.79 Å². The van der Waals surface area contributed by atoms with Gasteiger partial charge in [-0.25, -0.2) is 0 Å². The van der Waals surface area contributed by atoms with Crippen LogP contribution in [0.2, 0.25) is 0 Å². The Morgan fingerprint density at radius 1 is 1.40 bits per heavy atom. The average molecular weight is 219 g/mol. The second-order valence-electron chi connectivity index (χ2n) is 3.77. The van der Waals surface area contributed by atoms with E-state index >= 15 is 0 Å². The number of carbonyl (C=O) groups is 1. The van der Waals surface area contributed by atoms with E-state index in [2.05, 4.69) is 5.32 Å². The Balaban J connectivity index is 2.70. The van der Waals surface area contributed by atoms with Crippen LogP contribution in [0, 0.1) is 0 Å². The second kappa shape index (κ2) is 4.89. The largest absolute Gasteiger partial charge is 0.394 e. The van der Waals surface area contributed by atoms with Gasteiger partial charge in [0, 0.05) is 6.92 Å². The van der Waals surface area contributed by atoms with Crippen LogP contribution >= 0.6 is 0 Å². The lowest BCUT2D eigenvalue weighted by Crippen LogP contribution is -2.63. The number of aliphatic hydroxyl groups excluding tert-OH is 3. The van der Waals surface area contributed by atoms with Crippen LogP contribution in [0.4, 0.5) is 0 Å². The molecule has 0 aromatic carbocycles. The molecule has 15 heavy (non-hydrogen) atoms. The standard InChI is InChI=1S/C9H17NO5/c1-4-7(10-5(2)12)9(14)8(13)6(3-11)15-4/h4,6-9,11,13-14H,3H2,1-2H3,(H,10,12)/t4-,6?,7?,8-,9-/m0/s1. The molecule has 6 heteroatoms. The topological polar surface area (TPSA) is 99.0 Å². The van der Waals surface area contributed by atoms with Crippen molar-refractivity contribution in [3.8, 4) is 0 Å². The first-order valence-electron chi connectivity index (χ1n) is 4.87. The molecule has 6 nitrogen and oxygen atoms in total. The van der Waals surface area contributed by atoms with Gasteiger partial charge in [0.25, 0.3) is 0 Å². The molecule has 1 rings (SSSR count). The van der Waals surface area contributed by atoms with Crippen LogP contribution in [0.5, 0.6) is 0 Å². The van der Waals surface area contributed by atoms with Crippen LogP contribution in [0.25, 0.3) is 0 Å². The van der Waals surface area contributed by atoms with E-state index in [1.165, 1.54) is 6.92 Å². The summed E-state index contributed by atoms with van der Waals surface area (Å²) in [5.74, 6) is -0.302. The Labute approximate surface area is 87.9 Å². The zero-order valence-corrected chi connectivity index (χ0v) is 8.75. The monoisotopic (exact) mass is 219 g/mol. The zero-order valence-electron chi connectivity index (χ0n) is 8.75. The van der Waals surface area contributed by atoms with Crippen LogP contribution in [0.15, 0.2) is 0 Å². The maximum Gasteiger partial charge on any atom is 0.217 e. The van der Waals surface area contributed by atoms with Crippen LogP contribution in [0.3, 0.4) is 0 Å². The van der Waals surface area contributed by atoms with E-state index in [-0.39, 0.29) is 12.5 Å². The van der Waals surface area contributed by atoms with Gasteiger partial charge in [-0.05, 0) is 6.92 Å². The van der Waals surface area contributed by atoms with E-state index in [0.717, 1.165) is 0 Å². The van der Waals surface area contributed by atoms with E-state index < -0.39 is 30.5 Å². The van der Waals surface area contributed by atoms with Gasteiger partial charge in [0.15, 0.2) is 0 Å². The van der Waals surface area contributed by atoms with Gasteiger partial charge in [0.05, 0.1) is 18.8 Å². The Hall–Kier alpha value is -0.690. The summed E-state index contributed by atoms with van der Waals surface area (Å²) in [4.78, 5) is 10.9. The predicted molar refractivity (Wildman–Crippen MR) is 51.0 cm³/mol. The minimum Gasteiger partial charge on any atom is -0.394 e. The number of rotatable bonds is 2. The Morgan fingerprint density at radius 2 is 2.00 bits per heavy atom. The summed E-state index contributed by atoms with van der Waals surface area (Å²) in [6.45, 7) is 2.62. The number of aliphatic hydroxyl groups is 3. The molecule has 0 bridgehead atoms. The summed E-state index contributed by atoms with van der Waals surface area (Å²) in [6.07, 6.45) is -3.58. The molecule has 1 fully saturated rings. The maximum atomic E-state index is 10.9. The molecule has 1 aliphatic heterocycles. The number of amides is 1. The maximum absolute atomic E-state index is 10.9. The van der Waals surface area contributed by atoms with Crippen molar-refractivity contribution in [1.29, 1.82) is 0 Å². The molecule has 1 saturated heterocycles. The quantitative estimate of drug-likeness (QED) is 0.430. The van der Waals surface area contributed by atoms with Crippen LogP contribution in [-0.4, -0.2) is 58.3 Å². The molecule has 0 aromatic heterocycles.